The smallest absolute Gasteiger partial charge is 0.110 e. The average molecular weight is 281 g/mol. The number of aryl methyl sites for hydroxylation is 1. The lowest BCUT2D eigenvalue weighted by atomic mass is 10.1. The Kier molecular flexibility index (Phi) is 3.41. The van der Waals surface area contributed by atoms with E-state index in [1.807, 2.05) is 35.9 Å². The van der Waals surface area contributed by atoms with Crippen molar-refractivity contribution in [2.24, 2.45) is 0 Å². The summed E-state index contributed by atoms with van der Waals surface area (Å²) in [6.45, 7) is 2.14. The molecule has 0 spiro atoms. The van der Waals surface area contributed by atoms with Crippen molar-refractivity contribution in [1.29, 1.82) is 0 Å². The minimum atomic E-state index is 0.176. The maximum Gasteiger partial charge on any atom is 0.110 e. The standard InChI is InChI=1S/C12H13BrN2O/c1-9-14-5-6-15(9)12-3-2-10(4-7-16)8-11(12)13/h2-3,5-6,8,16H,4,7H2,1H3. The van der Waals surface area contributed by atoms with Gasteiger partial charge in [-0.3, -0.25) is 0 Å². The van der Waals surface area contributed by atoms with Gasteiger partial charge < -0.3 is 9.67 Å². The van der Waals surface area contributed by atoms with E-state index in [2.05, 4.69) is 20.9 Å². The molecule has 1 aromatic heterocycles. The molecule has 1 N–H and O–H groups in total. The molecular weight excluding hydrogens is 268 g/mol. The highest BCUT2D eigenvalue weighted by atomic mass is 79.9. The van der Waals surface area contributed by atoms with Crippen molar-refractivity contribution in [2.75, 3.05) is 6.61 Å². The zero-order valence-corrected chi connectivity index (χ0v) is 10.6. The summed E-state index contributed by atoms with van der Waals surface area (Å²) in [5.41, 5.74) is 2.19. The fourth-order valence-electron chi connectivity index (χ4n) is 1.66. The molecule has 0 atom stereocenters. The summed E-state index contributed by atoms with van der Waals surface area (Å²) < 4.78 is 3.03. The Labute approximate surface area is 103 Å². The maximum absolute atomic E-state index is 8.88. The van der Waals surface area contributed by atoms with Crippen molar-refractivity contribution in [3.63, 3.8) is 0 Å². The van der Waals surface area contributed by atoms with Gasteiger partial charge in [-0.05, 0) is 47.0 Å². The normalized spacial score (nSPS) is 10.7. The molecule has 0 radical (unpaired) electrons. The average Bonchev–Trinajstić information content (AvgIpc) is 2.65. The van der Waals surface area contributed by atoms with Gasteiger partial charge in [0.15, 0.2) is 0 Å². The molecule has 1 aromatic carbocycles. The SMILES string of the molecule is Cc1nccn1-c1ccc(CCO)cc1Br. The van der Waals surface area contributed by atoms with Crippen LogP contribution in [0.5, 0.6) is 0 Å². The van der Waals surface area contributed by atoms with Crippen molar-refractivity contribution in [3.05, 3.63) is 46.5 Å². The van der Waals surface area contributed by atoms with Gasteiger partial charge in [0, 0.05) is 23.5 Å². The molecule has 0 aliphatic carbocycles. The molecule has 3 nitrogen and oxygen atoms in total. The van der Waals surface area contributed by atoms with Crippen LogP contribution in [0.2, 0.25) is 0 Å². The molecule has 2 rings (SSSR count). The fourth-order valence-corrected chi connectivity index (χ4v) is 2.28. The van der Waals surface area contributed by atoms with E-state index in [4.69, 9.17) is 5.11 Å². The first-order valence-corrected chi connectivity index (χ1v) is 5.91. The largest absolute Gasteiger partial charge is 0.396 e. The topological polar surface area (TPSA) is 38.0 Å². The second-order valence-electron chi connectivity index (χ2n) is 3.60. The second-order valence-corrected chi connectivity index (χ2v) is 4.46. The van der Waals surface area contributed by atoms with Crippen LogP contribution in [0.25, 0.3) is 5.69 Å². The summed E-state index contributed by atoms with van der Waals surface area (Å²) in [6, 6.07) is 6.09. The van der Waals surface area contributed by atoms with Gasteiger partial charge in [0.05, 0.1) is 5.69 Å². The van der Waals surface area contributed by atoms with Gasteiger partial charge in [-0.1, -0.05) is 6.07 Å². The van der Waals surface area contributed by atoms with Gasteiger partial charge in [-0.25, -0.2) is 4.98 Å². The highest BCUT2D eigenvalue weighted by Gasteiger charge is 2.05. The Bertz CT molecular complexity index is 494. The lowest BCUT2D eigenvalue weighted by molar-refractivity contribution is 0.299. The highest BCUT2D eigenvalue weighted by molar-refractivity contribution is 9.10. The Balaban J connectivity index is 2.40. The van der Waals surface area contributed by atoms with Crippen molar-refractivity contribution >= 4 is 15.9 Å². The number of aliphatic hydroxyl groups is 1. The number of benzene rings is 1. The summed E-state index contributed by atoms with van der Waals surface area (Å²) in [7, 11) is 0. The summed E-state index contributed by atoms with van der Waals surface area (Å²) in [5, 5.41) is 8.88. The van der Waals surface area contributed by atoms with E-state index in [1.54, 1.807) is 6.20 Å². The minimum Gasteiger partial charge on any atom is -0.396 e. The molecule has 0 unspecified atom stereocenters. The minimum absolute atomic E-state index is 0.176. The van der Waals surface area contributed by atoms with Gasteiger partial charge in [0.25, 0.3) is 0 Å². The number of hydrogen-bond acceptors (Lipinski definition) is 2. The van der Waals surface area contributed by atoms with Gasteiger partial charge in [-0.2, -0.15) is 0 Å². The van der Waals surface area contributed by atoms with E-state index in [-0.39, 0.29) is 6.61 Å². The third-order valence-electron chi connectivity index (χ3n) is 2.50. The number of imidazole rings is 1. The van der Waals surface area contributed by atoms with Gasteiger partial charge in [0.2, 0.25) is 0 Å². The second kappa shape index (κ2) is 4.80. The van der Waals surface area contributed by atoms with Crippen LogP contribution in [-0.2, 0) is 6.42 Å². The van der Waals surface area contributed by atoms with E-state index in [0.29, 0.717) is 6.42 Å². The molecule has 0 bridgehead atoms. The first-order chi connectivity index (χ1) is 7.72. The number of aliphatic hydroxyl groups excluding tert-OH is 1. The van der Waals surface area contributed by atoms with E-state index >= 15 is 0 Å². The van der Waals surface area contributed by atoms with Gasteiger partial charge >= 0.3 is 0 Å². The van der Waals surface area contributed by atoms with Crippen LogP contribution in [0.1, 0.15) is 11.4 Å². The van der Waals surface area contributed by atoms with Gasteiger partial charge in [0.1, 0.15) is 5.82 Å². The number of hydrogen-bond donors (Lipinski definition) is 1. The number of aromatic nitrogens is 2. The molecular formula is C12H13BrN2O. The Morgan fingerprint density at radius 3 is 2.81 bits per heavy atom. The summed E-state index contributed by atoms with van der Waals surface area (Å²) in [5.74, 6) is 0.954. The van der Waals surface area contributed by atoms with Crippen LogP contribution in [0.15, 0.2) is 35.1 Å². The third-order valence-corrected chi connectivity index (χ3v) is 3.13. The Hall–Kier alpha value is -1.13. The molecule has 0 saturated heterocycles. The highest BCUT2D eigenvalue weighted by Crippen LogP contribution is 2.23. The molecule has 0 aliphatic rings. The first-order valence-electron chi connectivity index (χ1n) is 5.12. The van der Waals surface area contributed by atoms with E-state index < -0.39 is 0 Å². The fraction of sp³-hybridized carbons (Fsp3) is 0.250. The van der Waals surface area contributed by atoms with Crippen molar-refractivity contribution in [1.82, 2.24) is 9.55 Å². The maximum atomic E-state index is 8.88. The summed E-state index contributed by atoms with van der Waals surface area (Å²) in [4.78, 5) is 4.20. The quantitative estimate of drug-likeness (QED) is 0.938. The molecule has 0 fully saturated rings. The number of nitrogens with zero attached hydrogens (tertiary/aromatic N) is 2. The Morgan fingerprint density at radius 2 is 2.25 bits per heavy atom. The Morgan fingerprint density at radius 1 is 1.44 bits per heavy atom. The molecule has 16 heavy (non-hydrogen) atoms. The summed E-state index contributed by atoms with van der Waals surface area (Å²) >= 11 is 3.54. The predicted octanol–water partition coefficient (Wildman–Crippen LogP) is 2.48. The molecule has 0 aliphatic heterocycles. The zero-order valence-electron chi connectivity index (χ0n) is 9.02. The van der Waals surface area contributed by atoms with Crippen molar-refractivity contribution in [2.45, 2.75) is 13.3 Å². The van der Waals surface area contributed by atoms with Crippen molar-refractivity contribution in [3.8, 4) is 5.69 Å². The molecule has 4 heteroatoms. The zero-order chi connectivity index (χ0) is 11.5. The lowest BCUT2D eigenvalue weighted by Gasteiger charge is -2.09. The van der Waals surface area contributed by atoms with Crippen LogP contribution < -0.4 is 0 Å². The third kappa shape index (κ3) is 2.18. The predicted molar refractivity (Wildman–Crippen MR) is 66.8 cm³/mol. The monoisotopic (exact) mass is 280 g/mol. The van der Waals surface area contributed by atoms with E-state index in [0.717, 1.165) is 21.5 Å². The van der Waals surface area contributed by atoms with Crippen LogP contribution in [-0.4, -0.2) is 21.3 Å². The number of rotatable bonds is 3. The first kappa shape index (κ1) is 11.4. The molecule has 0 saturated carbocycles. The van der Waals surface area contributed by atoms with Crippen LogP contribution in [0.4, 0.5) is 0 Å². The van der Waals surface area contributed by atoms with E-state index in [1.165, 1.54) is 0 Å². The van der Waals surface area contributed by atoms with Crippen LogP contribution in [0, 0.1) is 6.92 Å². The van der Waals surface area contributed by atoms with Gasteiger partial charge in [-0.15, -0.1) is 0 Å². The summed E-state index contributed by atoms with van der Waals surface area (Å²) in [6.07, 6.45) is 4.40. The molecule has 0 amide bonds. The van der Waals surface area contributed by atoms with Crippen LogP contribution >= 0.6 is 15.9 Å². The molecule has 84 valence electrons. The molecule has 1 heterocycles. The lowest BCUT2D eigenvalue weighted by Crippen LogP contribution is -1.98. The number of halogens is 1. The van der Waals surface area contributed by atoms with E-state index in [9.17, 15) is 0 Å². The van der Waals surface area contributed by atoms with Crippen LogP contribution in [0.3, 0.4) is 0 Å². The van der Waals surface area contributed by atoms with Crippen molar-refractivity contribution < 1.29 is 5.11 Å². The molecule has 2 aromatic rings.